The average molecular weight is 333 g/mol. The van der Waals surface area contributed by atoms with Crippen LogP contribution in [0.2, 0.25) is 0 Å². The predicted octanol–water partition coefficient (Wildman–Crippen LogP) is 2.79. The lowest BCUT2D eigenvalue weighted by atomic mass is 9.89. The smallest absolute Gasteiger partial charge is 0.314 e. The Balaban J connectivity index is 1.76. The highest BCUT2D eigenvalue weighted by atomic mass is 16.5. The van der Waals surface area contributed by atoms with Gasteiger partial charge in [0.05, 0.1) is 6.10 Å². The maximum absolute atomic E-state index is 12.0. The van der Waals surface area contributed by atoms with E-state index in [2.05, 4.69) is 48.6 Å². The summed E-state index contributed by atoms with van der Waals surface area (Å²) in [6.45, 7) is 7.24. The molecule has 0 spiro atoms. The molecule has 1 aromatic rings. The summed E-state index contributed by atoms with van der Waals surface area (Å²) < 4.78 is 5.97. The van der Waals surface area contributed by atoms with Gasteiger partial charge in [-0.25, -0.2) is 4.79 Å². The van der Waals surface area contributed by atoms with Gasteiger partial charge in [0.1, 0.15) is 0 Å². The first kappa shape index (κ1) is 18.7. The SMILES string of the molecule is CC(C)N(C)CCNC(=O)NC[C@@H]1CCCO[C@@H]1c1ccccc1. The van der Waals surface area contributed by atoms with E-state index in [-0.39, 0.29) is 12.1 Å². The number of benzene rings is 1. The molecule has 1 aromatic carbocycles. The predicted molar refractivity (Wildman–Crippen MR) is 97.0 cm³/mol. The first-order valence-corrected chi connectivity index (χ1v) is 8.96. The van der Waals surface area contributed by atoms with Crippen LogP contribution in [0.5, 0.6) is 0 Å². The largest absolute Gasteiger partial charge is 0.373 e. The van der Waals surface area contributed by atoms with Crippen molar-refractivity contribution in [1.29, 1.82) is 0 Å². The summed E-state index contributed by atoms with van der Waals surface area (Å²) in [6, 6.07) is 10.7. The highest BCUT2D eigenvalue weighted by molar-refractivity contribution is 5.73. The topological polar surface area (TPSA) is 53.6 Å². The Kier molecular flexibility index (Phi) is 7.53. The number of likely N-dealkylation sites (N-methyl/N-ethyl adjacent to an activating group) is 1. The summed E-state index contributed by atoms with van der Waals surface area (Å²) >= 11 is 0. The van der Waals surface area contributed by atoms with Crippen LogP contribution in [-0.4, -0.2) is 50.3 Å². The van der Waals surface area contributed by atoms with E-state index in [9.17, 15) is 4.79 Å². The van der Waals surface area contributed by atoms with Crippen LogP contribution < -0.4 is 10.6 Å². The van der Waals surface area contributed by atoms with E-state index < -0.39 is 0 Å². The monoisotopic (exact) mass is 333 g/mol. The number of carbonyl (C=O) groups excluding carboxylic acids is 1. The lowest BCUT2D eigenvalue weighted by Crippen LogP contribution is -2.43. The van der Waals surface area contributed by atoms with Gasteiger partial charge >= 0.3 is 6.03 Å². The number of urea groups is 1. The maximum Gasteiger partial charge on any atom is 0.314 e. The Morgan fingerprint density at radius 2 is 2.04 bits per heavy atom. The standard InChI is InChI=1S/C19H31N3O2/c1-15(2)22(3)12-11-20-19(23)21-14-17-10-7-13-24-18(17)16-8-5-4-6-9-16/h4-6,8-9,15,17-18H,7,10-14H2,1-3H3,(H2,20,21,23)/t17-,18+/m0/s1. The van der Waals surface area contributed by atoms with Gasteiger partial charge in [0.2, 0.25) is 0 Å². The van der Waals surface area contributed by atoms with Crippen molar-refractivity contribution >= 4 is 6.03 Å². The average Bonchev–Trinajstić information content (AvgIpc) is 2.60. The Hall–Kier alpha value is -1.59. The van der Waals surface area contributed by atoms with E-state index in [0.717, 1.165) is 26.0 Å². The van der Waals surface area contributed by atoms with Gasteiger partial charge in [-0.05, 0) is 39.3 Å². The fourth-order valence-electron chi connectivity index (χ4n) is 2.95. The molecule has 2 amide bonds. The minimum Gasteiger partial charge on any atom is -0.373 e. The molecule has 0 bridgehead atoms. The van der Waals surface area contributed by atoms with E-state index in [4.69, 9.17) is 4.74 Å². The van der Waals surface area contributed by atoms with E-state index in [0.29, 0.717) is 25.0 Å². The molecule has 1 saturated heterocycles. The Morgan fingerprint density at radius 3 is 2.75 bits per heavy atom. The fourth-order valence-corrected chi connectivity index (χ4v) is 2.95. The maximum atomic E-state index is 12.0. The van der Waals surface area contributed by atoms with Gasteiger partial charge in [0.25, 0.3) is 0 Å². The molecule has 5 heteroatoms. The highest BCUT2D eigenvalue weighted by Crippen LogP contribution is 2.32. The Morgan fingerprint density at radius 1 is 1.29 bits per heavy atom. The molecule has 0 radical (unpaired) electrons. The summed E-state index contributed by atoms with van der Waals surface area (Å²) in [6.07, 6.45) is 2.21. The van der Waals surface area contributed by atoms with E-state index >= 15 is 0 Å². The van der Waals surface area contributed by atoms with Crippen LogP contribution in [0.15, 0.2) is 30.3 Å². The Labute approximate surface area is 145 Å². The lowest BCUT2D eigenvalue weighted by Gasteiger charge is -2.32. The second-order valence-corrected chi connectivity index (χ2v) is 6.82. The second-order valence-electron chi connectivity index (χ2n) is 6.82. The van der Waals surface area contributed by atoms with Crippen molar-refractivity contribution in [1.82, 2.24) is 15.5 Å². The van der Waals surface area contributed by atoms with Crippen molar-refractivity contribution in [3.05, 3.63) is 35.9 Å². The molecule has 134 valence electrons. The molecule has 0 aliphatic carbocycles. The number of ether oxygens (including phenoxy) is 1. The number of nitrogens with zero attached hydrogens (tertiary/aromatic N) is 1. The molecule has 1 aliphatic rings. The van der Waals surface area contributed by atoms with Gasteiger partial charge in [-0.3, -0.25) is 0 Å². The summed E-state index contributed by atoms with van der Waals surface area (Å²) in [5, 5.41) is 5.94. The van der Waals surface area contributed by atoms with E-state index in [1.807, 2.05) is 18.2 Å². The molecule has 2 atom stereocenters. The number of nitrogens with one attached hydrogen (secondary N) is 2. The zero-order chi connectivity index (χ0) is 17.4. The van der Waals surface area contributed by atoms with Crippen molar-refractivity contribution in [2.75, 3.05) is 33.3 Å². The number of rotatable bonds is 7. The van der Waals surface area contributed by atoms with Crippen LogP contribution in [0.1, 0.15) is 38.4 Å². The molecule has 1 aliphatic heterocycles. The highest BCUT2D eigenvalue weighted by Gasteiger charge is 2.27. The van der Waals surface area contributed by atoms with E-state index in [1.54, 1.807) is 0 Å². The molecule has 2 N–H and O–H groups in total. The molecular formula is C19H31N3O2. The molecule has 0 unspecified atom stereocenters. The fraction of sp³-hybridized carbons (Fsp3) is 0.632. The van der Waals surface area contributed by atoms with Crippen LogP contribution in [0, 0.1) is 5.92 Å². The third kappa shape index (κ3) is 5.80. The first-order chi connectivity index (χ1) is 11.6. The lowest BCUT2D eigenvalue weighted by molar-refractivity contribution is -0.0269. The van der Waals surface area contributed by atoms with Crippen LogP contribution in [0.25, 0.3) is 0 Å². The second kappa shape index (κ2) is 9.64. The first-order valence-electron chi connectivity index (χ1n) is 8.96. The number of hydrogen-bond acceptors (Lipinski definition) is 3. The molecule has 0 saturated carbocycles. The van der Waals surface area contributed by atoms with Crippen LogP contribution in [-0.2, 0) is 4.74 Å². The summed E-state index contributed by atoms with van der Waals surface area (Å²) in [5.74, 6) is 0.324. The molecule has 1 heterocycles. The van der Waals surface area contributed by atoms with Crippen molar-refractivity contribution in [2.45, 2.75) is 38.8 Å². The summed E-state index contributed by atoms with van der Waals surface area (Å²) in [4.78, 5) is 14.2. The zero-order valence-electron chi connectivity index (χ0n) is 15.1. The number of carbonyl (C=O) groups is 1. The molecule has 2 rings (SSSR count). The van der Waals surface area contributed by atoms with Crippen molar-refractivity contribution in [3.8, 4) is 0 Å². The van der Waals surface area contributed by atoms with Crippen molar-refractivity contribution in [3.63, 3.8) is 0 Å². The minimum absolute atomic E-state index is 0.0762. The normalized spacial score (nSPS) is 21.0. The molecule has 24 heavy (non-hydrogen) atoms. The van der Waals surface area contributed by atoms with Gasteiger partial charge in [0, 0.05) is 38.2 Å². The molecule has 5 nitrogen and oxygen atoms in total. The quantitative estimate of drug-likeness (QED) is 0.807. The zero-order valence-corrected chi connectivity index (χ0v) is 15.1. The summed E-state index contributed by atoms with van der Waals surface area (Å²) in [5.41, 5.74) is 1.20. The number of hydrogen-bond donors (Lipinski definition) is 2. The number of amides is 2. The third-order valence-corrected chi connectivity index (χ3v) is 4.73. The minimum atomic E-state index is -0.0930. The molecule has 0 aromatic heterocycles. The van der Waals surface area contributed by atoms with Gasteiger partial charge in [0.15, 0.2) is 0 Å². The van der Waals surface area contributed by atoms with Crippen molar-refractivity contribution in [2.24, 2.45) is 5.92 Å². The van der Waals surface area contributed by atoms with Gasteiger partial charge in [-0.15, -0.1) is 0 Å². The van der Waals surface area contributed by atoms with Gasteiger partial charge in [-0.2, -0.15) is 0 Å². The summed E-state index contributed by atoms with van der Waals surface area (Å²) in [7, 11) is 2.06. The van der Waals surface area contributed by atoms with Crippen molar-refractivity contribution < 1.29 is 9.53 Å². The Bertz CT molecular complexity index is 493. The molecular weight excluding hydrogens is 302 g/mol. The van der Waals surface area contributed by atoms with Crippen LogP contribution in [0.3, 0.4) is 0 Å². The van der Waals surface area contributed by atoms with Crippen LogP contribution in [0.4, 0.5) is 4.79 Å². The van der Waals surface area contributed by atoms with Gasteiger partial charge in [-0.1, -0.05) is 30.3 Å². The molecule has 1 fully saturated rings. The van der Waals surface area contributed by atoms with E-state index in [1.165, 1.54) is 5.56 Å². The third-order valence-electron chi connectivity index (χ3n) is 4.73. The van der Waals surface area contributed by atoms with Crippen LogP contribution >= 0.6 is 0 Å². The van der Waals surface area contributed by atoms with Gasteiger partial charge < -0.3 is 20.3 Å².